The summed E-state index contributed by atoms with van der Waals surface area (Å²) < 4.78 is 13.2. The molecule has 4 nitrogen and oxygen atoms in total. The van der Waals surface area contributed by atoms with Gasteiger partial charge in [0.1, 0.15) is 28.5 Å². The molecule has 8 aromatic carbocycles. The smallest absolute Gasteiger partial charge is 0.143 e. The van der Waals surface area contributed by atoms with Crippen molar-refractivity contribution in [2.24, 2.45) is 0 Å². The van der Waals surface area contributed by atoms with Gasteiger partial charge in [0.25, 0.3) is 0 Å². The number of rotatable bonds is 6. The van der Waals surface area contributed by atoms with Gasteiger partial charge in [-0.15, -0.1) is 0 Å². The zero-order valence-corrected chi connectivity index (χ0v) is 30.4. The summed E-state index contributed by atoms with van der Waals surface area (Å²) in [6, 6.07) is 66.4. The van der Waals surface area contributed by atoms with E-state index in [4.69, 9.17) is 8.83 Å². The molecule has 10 aromatic rings. The Kier molecular flexibility index (Phi) is 7.68. The van der Waals surface area contributed by atoms with Crippen LogP contribution in [0.15, 0.2) is 203 Å². The number of fused-ring (bicyclic) bond motifs is 6. The molecule has 1 aliphatic heterocycles. The Hall–Kier alpha value is -7.14. The van der Waals surface area contributed by atoms with Crippen LogP contribution in [0.3, 0.4) is 0 Å². The summed E-state index contributed by atoms with van der Waals surface area (Å²) in [5.41, 5.74) is 14.7. The van der Waals surface area contributed by atoms with Crippen molar-refractivity contribution in [2.45, 2.75) is 12.2 Å². The fraction of sp³-hybridized carbons (Fsp3) is 0.0385. The fourth-order valence-corrected chi connectivity index (χ4v) is 8.40. The lowest BCUT2D eigenvalue weighted by Crippen LogP contribution is -2.39. The zero-order valence-electron chi connectivity index (χ0n) is 30.4. The van der Waals surface area contributed by atoms with Gasteiger partial charge >= 0.3 is 0 Å². The Labute approximate surface area is 324 Å². The first kappa shape index (κ1) is 32.3. The predicted molar refractivity (Wildman–Crippen MR) is 230 cm³/mol. The van der Waals surface area contributed by atoms with Crippen molar-refractivity contribution in [2.75, 3.05) is 0 Å². The molecule has 0 saturated carbocycles. The first-order valence-electron chi connectivity index (χ1n) is 19.1. The molecule has 0 fully saturated rings. The Bertz CT molecular complexity index is 2950. The molecule has 1 aliphatic rings. The minimum absolute atomic E-state index is 0.0500. The van der Waals surface area contributed by atoms with Crippen LogP contribution < -0.4 is 10.6 Å². The summed E-state index contributed by atoms with van der Waals surface area (Å²) in [6.45, 7) is 0. The zero-order chi connectivity index (χ0) is 37.0. The van der Waals surface area contributed by atoms with E-state index in [2.05, 4.69) is 181 Å². The van der Waals surface area contributed by atoms with Crippen LogP contribution in [0.1, 0.15) is 28.9 Å². The molecule has 11 rings (SSSR count). The van der Waals surface area contributed by atoms with E-state index in [0.717, 1.165) is 83.0 Å². The van der Waals surface area contributed by atoms with Crippen molar-refractivity contribution in [1.29, 1.82) is 0 Å². The van der Waals surface area contributed by atoms with Gasteiger partial charge in [0.2, 0.25) is 0 Å². The van der Waals surface area contributed by atoms with Gasteiger partial charge in [-0.3, -0.25) is 5.32 Å². The standard InChI is InChI=1S/C52H36N2O2/c1-3-13-33(14-4-1)34-25-27-36(28-26-34)47-32-46(35-15-5-2-6-16-35)53-52(54-47)39-30-37(40-19-11-21-44-42-17-7-9-23-48(42)55-50(40)44)29-38(31-39)41-20-12-22-45-43-18-8-10-24-49(43)56-51(41)45/h1-32,47,52-54H. The number of para-hydroxylation sites is 4. The molecule has 4 heteroatoms. The third-order valence-corrected chi connectivity index (χ3v) is 11.2. The number of furan rings is 2. The van der Waals surface area contributed by atoms with Gasteiger partial charge in [-0.2, -0.15) is 0 Å². The van der Waals surface area contributed by atoms with Crippen LogP contribution in [-0.4, -0.2) is 0 Å². The molecule has 0 aliphatic carbocycles. The highest BCUT2D eigenvalue weighted by molar-refractivity contribution is 6.11. The Morgan fingerprint density at radius 1 is 0.375 bits per heavy atom. The van der Waals surface area contributed by atoms with Crippen molar-refractivity contribution in [3.05, 3.63) is 211 Å². The van der Waals surface area contributed by atoms with Crippen molar-refractivity contribution in [3.63, 3.8) is 0 Å². The lowest BCUT2D eigenvalue weighted by atomic mass is 9.92. The maximum absolute atomic E-state index is 6.61. The van der Waals surface area contributed by atoms with Crippen LogP contribution in [-0.2, 0) is 0 Å². The van der Waals surface area contributed by atoms with Crippen LogP contribution >= 0.6 is 0 Å². The Morgan fingerprint density at radius 2 is 0.875 bits per heavy atom. The van der Waals surface area contributed by atoms with E-state index < -0.39 is 0 Å². The van der Waals surface area contributed by atoms with E-state index in [0.29, 0.717) is 0 Å². The highest BCUT2D eigenvalue weighted by Crippen LogP contribution is 2.42. The van der Waals surface area contributed by atoms with E-state index in [1.807, 2.05) is 24.3 Å². The molecule has 56 heavy (non-hydrogen) atoms. The van der Waals surface area contributed by atoms with Gasteiger partial charge in [-0.05, 0) is 75.4 Å². The molecule has 0 amide bonds. The van der Waals surface area contributed by atoms with Crippen LogP contribution in [0.25, 0.3) is 83.0 Å². The van der Waals surface area contributed by atoms with Crippen molar-refractivity contribution < 1.29 is 8.83 Å². The van der Waals surface area contributed by atoms with E-state index in [-0.39, 0.29) is 12.2 Å². The summed E-state index contributed by atoms with van der Waals surface area (Å²) in [4.78, 5) is 0. The molecule has 0 saturated heterocycles. The van der Waals surface area contributed by atoms with Crippen LogP contribution in [0.2, 0.25) is 0 Å². The van der Waals surface area contributed by atoms with Crippen molar-refractivity contribution in [1.82, 2.24) is 10.6 Å². The largest absolute Gasteiger partial charge is 0.455 e. The number of hydrogen-bond acceptors (Lipinski definition) is 4. The van der Waals surface area contributed by atoms with Crippen LogP contribution in [0.5, 0.6) is 0 Å². The molecule has 266 valence electrons. The molecule has 0 bridgehead atoms. The van der Waals surface area contributed by atoms with E-state index in [1.54, 1.807) is 0 Å². The van der Waals surface area contributed by atoms with Gasteiger partial charge in [0, 0.05) is 38.4 Å². The normalized spacial score (nSPS) is 15.7. The summed E-state index contributed by atoms with van der Waals surface area (Å²) in [6.07, 6.45) is 2.08. The van der Waals surface area contributed by atoms with Crippen molar-refractivity contribution >= 4 is 49.6 Å². The van der Waals surface area contributed by atoms with Gasteiger partial charge < -0.3 is 14.2 Å². The first-order valence-corrected chi connectivity index (χ1v) is 19.1. The van der Waals surface area contributed by atoms with E-state index >= 15 is 0 Å². The lowest BCUT2D eigenvalue weighted by Gasteiger charge is -2.33. The average molecular weight is 721 g/mol. The Morgan fingerprint density at radius 3 is 1.46 bits per heavy atom. The van der Waals surface area contributed by atoms with E-state index in [1.165, 1.54) is 16.7 Å². The average Bonchev–Trinajstić information content (AvgIpc) is 3.86. The van der Waals surface area contributed by atoms with Crippen molar-refractivity contribution in [3.8, 4) is 33.4 Å². The van der Waals surface area contributed by atoms with Crippen LogP contribution in [0, 0.1) is 0 Å². The van der Waals surface area contributed by atoms with Gasteiger partial charge in [-0.1, -0.05) is 158 Å². The van der Waals surface area contributed by atoms with E-state index in [9.17, 15) is 0 Å². The molecule has 0 spiro atoms. The second-order valence-electron chi connectivity index (χ2n) is 14.6. The minimum atomic E-state index is -0.225. The molecular weight excluding hydrogens is 685 g/mol. The molecular formula is C52H36N2O2. The lowest BCUT2D eigenvalue weighted by molar-refractivity contribution is 0.443. The number of benzene rings is 8. The molecule has 0 radical (unpaired) electrons. The van der Waals surface area contributed by atoms with Gasteiger partial charge in [-0.25, -0.2) is 0 Å². The first-order chi connectivity index (χ1) is 27.7. The summed E-state index contributed by atoms with van der Waals surface area (Å²) >= 11 is 0. The molecule has 2 atom stereocenters. The van der Waals surface area contributed by atoms with Gasteiger partial charge in [0.05, 0.1) is 6.04 Å². The number of nitrogens with one attached hydrogen (secondary N) is 2. The topological polar surface area (TPSA) is 50.3 Å². The molecule has 2 N–H and O–H groups in total. The maximum Gasteiger partial charge on any atom is 0.143 e. The number of hydrogen-bond donors (Lipinski definition) is 2. The Balaban J connectivity index is 1.09. The molecule has 2 unspecified atom stereocenters. The fourth-order valence-electron chi connectivity index (χ4n) is 8.40. The minimum Gasteiger partial charge on any atom is -0.455 e. The highest BCUT2D eigenvalue weighted by Gasteiger charge is 2.26. The summed E-state index contributed by atoms with van der Waals surface area (Å²) in [5, 5.41) is 12.3. The van der Waals surface area contributed by atoms with Crippen LogP contribution in [0.4, 0.5) is 0 Å². The maximum atomic E-state index is 6.61. The highest BCUT2D eigenvalue weighted by atomic mass is 16.3. The second kappa shape index (κ2) is 13.3. The summed E-state index contributed by atoms with van der Waals surface area (Å²) in [7, 11) is 0. The monoisotopic (exact) mass is 720 g/mol. The predicted octanol–water partition coefficient (Wildman–Crippen LogP) is 13.5. The molecule has 3 heterocycles. The quantitative estimate of drug-likeness (QED) is 0.180. The second-order valence-corrected chi connectivity index (χ2v) is 14.6. The third kappa shape index (κ3) is 5.58. The third-order valence-electron chi connectivity index (χ3n) is 11.2. The van der Waals surface area contributed by atoms with Gasteiger partial charge in [0.15, 0.2) is 0 Å². The summed E-state index contributed by atoms with van der Waals surface area (Å²) in [5.74, 6) is 0. The SMILES string of the molecule is C1=C(c2ccccc2)NC(c2cc(-c3cccc4c3oc3ccccc34)cc(-c3cccc4c3oc3ccccc34)c2)NC1c1ccc(-c2ccccc2)cc1. The molecule has 2 aromatic heterocycles.